The SMILES string of the molecule is CC(C)CNCc1ccnc(Cc2ccc(F)cc2)n1. The predicted octanol–water partition coefficient (Wildman–Crippen LogP) is 2.95. The van der Waals surface area contributed by atoms with Gasteiger partial charge in [-0.15, -0.1) is 0 Å². The Bertz CT molecular complexity index is 538. The topological polar surface area (TPSA) is 37.8 Å². The van der Waals surface area contributed by atoms with E-state index in [0.717, 1.165) is 30.2 Å². The molecule has 0 spiro atoms. The summed E-state index contributed by atoms with van der Waals surface area (Å²) in [5.41, 5.74) is 2.00. The van der Waals surface area contributed by atoms with Crippen molar-refractivity contribution in [1.29, 1.82) is 0 Å². The van der Waals surface area contributed by atoms with Crippen LogP contribution in [0.2, 0.25) is 0 Å². The highest BCUT2D eigenvalue weighted by Crippen LogP contribution is 2.07. The fraction of sp³-hybridized carbons (Fsp3) is 0.375. The number of benzene rings is 1. The van der Waals surface area contributed by atoms with Crippen LogP contribution in [0, 0.1) is 11.7 Å². The highest BCUT2D eigenvalue weighted by Gasteiger charge is 2.02. The molecule has 0 fully saturated rings. The molecule has 4 heteroatoms. The first kappa shape index (κ1) is 14.6. The first-order valence-corrected chi connectivity index (χ1v) is 6.89. The molecule has 3 nitrogen and oxygen atoms in total. The van der Waals surface area contributed by atoms with Crippen molar-refractivity contribution in [3.8, 4) is 0 Å². The van der Waals surface area contributed by atoms with Crippen LogP contribution in [0.3, 0.4) is 0 Å². The summed E-state index contributed by atoms with van der Waals surface area (Å²) in [6, 6.07) is 8.37. The van der Waals surface area contributed by atoms with Crippen molar-refractivity contribution in [3.63, 3.8) is 0 Å². The summed E-state index contributed by atoms with van der Waals surface area (Å²) in [5.74, 6) is 1.16. The maximum Gasteiger partial charge on any atom is 0.132 e. The van der Waals surface area contributed by atoms with Crippen molar-refractivity contribution in [2.75, 3.05) is 6.54 Å². The van der Waals surface area contributed by atoms with Crippen molar-refractivity contribution in [1.82, 2.24) is 15.3 Å². The van der Waals surface area contributed by atoms with Gasteiger partial charge in [0, 0.05) is 19.2 Å². The normalized spacial score (nSPS) is 11.0. The van der Waals surface area contributed by atoms with Gasteiger partial charge < -0.3 is 5.32 Å². The molecule has 0 unspecified atom stereocenters. The second-order valence-electron chi connectivity index (χ2n) is 5.29. The number of hydrogen-bond donors (Lipinski definition) is 1. The van der Waals surface area contributed by atoms with Gasteiger partial charge in [0.05, 0.1) is 5.69 Å². The molecular weight excluding hydrogens is 253 g/mol. The number of aromatic nitrogens is 2. The van der Waals surface area contributed by atoms with Crippen LogP contribution < -0.4 is 5.32 Å². The zero-order valence-electron chi connectivity index (χ0n) is 11.9. The Morgan fingerprint density at radius 2 is 1.90 bits per heavy atom. The Balaban J connectivity index is 1.96. The van der Waals surface area contributed by atoms with Gasteiger partial charge in [-0.05, 0) is 36.2 Å². The van der Waals surface area contributed by atoms with E-state index in [-0.39, 0.29) is 5.82 Å². The molecule has 0 radical (unpaired) electrons. The third-order valence-electron chi connectivity index (χ3n) is 2.90. The molecule has 1 heterocycles. The number of nitrogens with one attached hydrogen (secondary N) is 1. The van der Waals surface area contributed by atoms with Gasteiger partial charge in [-0.25, -0.2) is 14.4 Å². The quantitative estimate of drug-likeness (QED) is 0.879. The van der Waals surface area contributed by atoms with E-state index in [4.69, 9.17) is 0 Å². The fourth-order valence-electron chi connectivity index (χ4n) is 1.90. The van der Waals surface area contributed by atoms with Crippen LogP contribution in [-0.2, 0) is 13.0 Å². The fourth-order valence-corrected chi connectivity index (χ4v) is 1.90. The lowest BCUT2D eigenvalue weighted by Crippen LogP contribution is -2.20. The van der Waals surface area contributed by atoms with Crippen LogP contribution >= 0.6 is 0 Å². The van der Waals surface area contributed by atoms with Gasteiger partial charge in [-0.1, -0.05) is 26.0 Å². The standard InChI is InChI=1S/C16H20FN3/c1-12(2)10-18-11-15-7-8-19-16(20-15)9-13-3-5-14(17)6-4-13/h3-8,12,18H,9-11H2,1-2H3. The second kappa shape index (κ2) is 7.10. The van der Waals surface area contributed by atoms with Crippen LogP contribution in [0.1, 0.15) is 30.9 Å². The molecular formula is C16H20FN3. The minimum atomic E-state index is -0.221. The molecule has 0 aliphatic rings. The lowest BCUT2D eigenvalue weighted by Gasteiger charge is -2.08. The van der Waals surface area contributed by atoms with E-state index in [0.29, 0.717) is 12.3 Å². The average molecular weight is 273 g/mol. The monoisotopic (exact) mass is 273 g/mol. The van der Waals surface area contributed by atoms with Gasteiger partial charge in [0.15, 0.2) is 0 Å². The smallest absolute Gasteiger partial charge is 0.132 e. The maximum atomic E-state index is 12.9. The van der Waals surface area contributed by atoms with E-state index in [1.807, 2.05) is 6.07 Å². The summed E-state index contributed by atoms with van der Waals surface area (Å²) in [4.78, 5) is 8.79. The molecule has 0 aliphatic carbocycles. The molecule has 0 amide bonds. The highest BCUT2D eigenvalue weighted by atomic mass is 19.1. The number of hydrogen-bond acceptors (Lipinski definition) is 3. The van der Waals surface area contributed by atoms with Crippen LogP contribution in [0.25, 0.3) is 0 Å². The minimum Gasteiger partial charge on any atom is -0.311 e. The molecule has 0 saturated heterocycles. The molecule has 20 heavy (non-hydrogen) atoms. The van der Waals surface area contributed by atoms with E-state index in [2.05, 4.69) is 29.1 Å². The number of rotatable bonds is 6. The molecule has 2 rings (SSSR count). The number of halogens is 1. The van der Waals surface area contributed by atoms with Crippen molar-refractivity contribution in [2.45, 2.75) is 26.8 Å². The van der Waals surface area contributed by atoms with E-state index >= 15 is 0 Å². The summed E-state index contributed by atoms with van der Waals surface area (Å²) in [5, 5.41) is 3.36. The van der Waals surface area contributed by atoms with Crippen molar-refractivity contribution < 1.29 is 4.39 Å². The molecule has 106 valence electrons. The van der Waals surface area contributed by atoms with Gasteiger partial charge >= 0.3 is 0 Å². The van der Waals surface area contributed by atoms with E-state index in [9.17, 15) is 4.39 Å². The van der Waals surface area contributed by atoms with Crippen molar-refractivity contribution in [2.24, 2.45) is 5.92 Å². The van der Waals surface area contributed by atoms with Gasteiger partial charge in [-0.3, -0.25) is 0 Å². The van der Waals surface area contributed by atoms with Crippen LogP contribution in [0.5, 0.6) is 0 Å². The zero-order chi connectivity index (χ0) is 14.4. The first-order valence-electron chi connectivity index (χ1n) is 6.89. The van der Waals surface area contributed by atoms with Crippen molar-refractivity contribution >= 4 is 0 Å². The Labute approximate surface area is 119 Å². The lowest BCUT2D eigenvalue weighted by atomic mass is 10.1. The van der Waals surface area contributed by atoms with Crippen LogP contribution in [0.15, 0.2) is 36.5 Å². The Hall–Kier alpha value is -1.81. The molecule has 0 atom stereocenters. The second-order valence-corrected chi connectivity index (χ2v) is 5.29. The minimum absolute atomic E-state index is 0.221. The molecule has 0 aliphatic heterocycles. The predicted molar refractivity (Wildman–Crippen MR) is 77.8 cm³/mol. The first-order chi connectivity index (χ1) is 9.63. The zero-order valence-corrected chi connectivity index (χ0v) is 11.9. The molecule has 1 aromatic carbocycles. The van der Waals surface area contributed by atoms with E-state index < -0.39 is 0 Å². The summed E-state index contributed by atoms with van der Waals surface area (Å²) >= 11 is 0. The number of nitrogens with zero attached hydrogens (tertiary/aromatic N) is 2. The van der Waals surface area contributed by atoms with Crippen molar-refractivity contribution in [3.05, 3.63) is 59.4 Å². The van der Waals surface area contributed by atoms with Gasteiger partial charge in [0.1, 0.15) is 11.6 Å². The largest absolute Gasteiger partial charge is 0.311 e. The lowest BCUT2D eigenvalue weighted by molar-refractivity contribution is 0.547. The van der Waals surface area contributed by atoms with Gasteiger partial charge in [0.25, 0.3) is 0 Å². The molecule has 2 aromatic rings. The average Bonchev–Trinajstić information content (AvgIpc) is 2.41. The Morgan fingerprint density at radius 1 is 1.15 bits per heavy atom. The summed E-state index contributed by atoms with van der Waals surface area (Å²) < 4.78 is 12.9. The Kier molecular flexibility index (Phi) is 5.18. The van der Waals surface area contributed by atoms with Gasteiger partial charge in [-0.2, -0.15) is 0 Å². The molecule has 1 N–H and O–H groups in total. The van der Waals surface area contributed by atoms with Gasteiger partial charge in [0.2, 0.25) is 0 Å². The molecule has 1 aromatic heterocycles. The van der Waals surface area contributed by atoms with E-state index in [1.54, 1.807) is 18.3 Å². The Morgan fingerprint density at radius 3 is 2.60 bits per heavy atom. The molecule has 0 saturated carbocycles. The summed E-state index contributed by atoms with van der Waals surface area (Å²) in [7, 11) is 0. The molecule has 0 bridgehead atoms. The van der Waals surface area contributed by atoms with Crippen LogP contribution in [0.4, 0.5) is 4.39 Å². The third kappa shape index (κ3) is 4.70. The van der Waals surface area contributed by atoms with Crippen LogP contribution in [-0.4, -0.2) is 16.5 Å². The highest BCUT2D eigenvalue weighted by molar-refractivity contribution is 5.20. The summed E-state index contributed by atoms with van der Waals surface area (Å²) in [6.45, 7) is 6.06. The third-order valence-corrected chi connectivity index (χ3v) is 2.90. The maximum absolute atomic E-state index is 12.9. The summed E-state index contributed by atoms with van der Waals surface area (Å²) in [6.07, 6.45) is 2.40. The van der Waals surface area contributed by atoms with E-state index in [1.165, 1.54) is 12.1 Å².